The molecule has 148 valence electrons. The van der Waals surface area contributed by atoms with E-state index in [0.29, 0.717) is 39.2 Å². The molecule has 0 bridgehead atoms. The first-order chi connectivity index (χ1) is 14.1. The quantitative estimate of drug-likeness (QED) is 0.554. The molecule has 1 N–H and O–H groups in total. The van der Waals surface area contributed by atoms with E-state index >= 15 is 0 Å². The summed E-state index contributed by atoms with van der Waals surface area (Å²) in [6.45, 7) is 0. The van der Waals surface area contributed by atoms with Crippen LogP contribution in [0.25, 0.3) is 16.8 Å². The Hall–Kier alpha value is -3.57. The van der Waals surface area contributed by atoms with Crippen molar-refractivity contribution in [3.05, 3.63) is 58.8 Å². The molecule has 3 rings (SSSR count). The van der Waals surface area contributed by atoms with E-state index in [9.17, 15) is 9.65 Å². The van der Waals surface area contributed by atoms with Gasteiger partial charge in [0.05, 0.1) is 27.0 Å². The van der Waals surface area contributed by atoms with Gasteiger partial charge >= 0.3 is 0 Å². The lowest BCUT2D eigenvalue weighted by Gasteiger charge is -2.14. The van der Waals surface area contributed by atoms with Crippen LogP contribution in [0.1, 0.15) is 5.01 Å². The molecule has 0 aliphatic carbocycles. The topological polar surface area (TPSA) is 76.4 Å². The highest BCUT2D eigenvalue weighted by Gasteiger charge is 2.14. The SMILES string of the molecule is COc1cc(N/C=C(\C#N)c2nc(-c3ccc(F)cc3)cs2)cc(OC)c1OC. The van der Waals surface area contributed by atoms with Crippen molar-refractivity contribution in [3.63, 3.8) is 0 Å². The molecule has 0 saturated carbocycles. The summed E-state index contributed by atoms with van der Waals surface area (Å²) < 4.78 is 29.1. The number of benzene rings is 2. The van der Waals surface area contributed by atoms with Crippen molar-refractivity contribution >= 4 is 22.6 Å². The second kappa shape index (κ2) is 9.08. The molecule has 3 aromatic rings. The molecule has 2 aromatic carbocycles. The molecule has 0 unspecified atom stereocenters. The second-order valence-corrected chi connectivity index (χ2v) is 6.63. The number of anilines is 1. The Morgan fingerprint density at radius 3 is 2.31 bits per heavy atom. The van der Waals surface area contributed by atoms with Crippen molar-refractivity contribution in [1.82, 2.24) is 4.98 Å². The summed E-state index contributed by atoms with van der Waals surface area (Å²) in [5.74, 6) is 1.16. The van der Waals surface area contributed by atoms with Gasteiger partial charge in [-0.1, -0.05) is 0 Å². The summed E-state index contributed by atoms with van der Waals surface area (Å²) in [4.78, 5) is 4.48. The normalized spacial score (nSPS) is 10.9. The largest absolute Gasteiger partial charge is 0.493 e. The first-order valence-electron chi connectivity index (χ1n) is 8.48. The molecule has 0 aliphatic rings. The van der Waals surface area contributed by atoms with Crippen molar-refractivity contribution in [1.29, 1.82) is 5.26 Å². The molecular formula is C21H18FN3O3S. The van der Waals surface area contributed by atoms with Gasteiger partial charge in [0.15, 0.2) is 11.5 Å². The Labute approximate surface area is 171 Å². The number of rotatable bonds is 7. The zero-order valence-corrected chi connectivity index (χ0v) is 16.8. The first-order valence-corrected chi connectivity index (χ1v) is 9.36. The van der Waals surface area contributed by atoms with E-state index < -0.39 is 0 Å². The Morgan fingerprint density at radius 1 is 1.10 bits per heavy atom. The van der Waals surface area contributed by atoms with Crippen molar-refractivity contribution in [2.24, 2.45) is 0 Å². The van der Waals surface area contributed by atoms with Crippen LogP contribution >= 0.6 is 11.3 Å². The lowest BCUT2D eigenvalue weighted by molar-refractivity contribution is 0.324. The van der Waals surface area contributed by atoms with Gasteiger partial charge < -0.3 is 19.5 Å². The Bertz CT molecular complexity index is 1050. The van der Waals surface area contributed by atoms with Gasteiger partial charge in [0, 0.05) is 35.0 Å². The fourth-order valence-electron chi connectivity index (χ4n) is 2.61. The van der Waals surface area contributed by atoms with Gasteiger partial charge in [-0.2, -0.15) is 5.26 Å². The van der Waals surface area contributed by atoms with Gasteiger partial charge in [-0.05, 0) is 24.3 Å². The fourth-order valence-corrected chi connectivity index (χ4v) is 3.41. The van der Waals surface area contributed by atoms with E-state index in [1.54, 1.807) is 30.5 Å². The Morgan fingerprint density at radius 2 is 1.76 bits per heavy atom. The molecule has 29 heavy (non-hydrogen) atoms. The molecule has 0 saturated heterocycles. The molecule has 0 spiro atoms. The average molecular weight is 411 g/mol. The number of hydrogen-bond donors (Lipinski definition) is 1. The van der Waals surface area contributed by atoms with Crippen LogP contribution in [0.3, 0.4) is 0 Å². The highest BCUT2D eigenvalue weighted by Crippen LogP contribution is 2.40. The molecule has 0 radical (unpaired) electrons. The molecule has 8 heteroatoms. The maximum absolute atomic E-state index is 13.1. The summed E-state index contributed by atoms with van der Waals surface area (Å²) in [6, 6.07) is 11.7. The Balaban J connectivity index is 1.86. The number of methoxy groups -OCH3 is 3. The van der Waals surface area contributed by atoms with E-state index in [-0.39, 0.29) is 5.82 Å². The maximum Gasteiger partial charge on any atom is 0.203 e. The van der Waals surface area contributed by atoms with Crippen molar-refractivity contribution in [2.45, 2.75) is 0 Å². The molecule has 1 aromatic heterocycles. The summed E-state index contributed by atoms with van der Waals surface area (Å²) >= 11 is 1.33. The number of ether oxygens (including phenoxy) is 3. The Kier molecular flexibility index (Phi) is 6.32. The number of nitriles is 1. The summed E-state index contributed by atoms with van der Waals surface area (Å²) in [5.41, 5.74) is 2.47. The van der Waals surface area contributed by atoms with Crippen LogP contribution in [0.15, 0.2) is 48.0 Å². The van der Waals surface area contributed by atoms with E-state index in [0.717, 1.165) is 5.56 Å². The minimum absolute atomic E-state index is 0.309. The van der Waals surface area contributed by atoms with E-state index in [2.05, 4.69) is 16.4 Å². The number of thiazole rings is 1. The smallest absolute Gasteiger partial charge is 0.203 e. The molecule has 0 fully saturated rings. The number of halogens is 1. The number of hydrogen-bond acceptors (Lipinski definition) is 7. The van der Waals surface area contributed by atoms with Crippen LogP contribution < -0.4 is 19.5 Å². The van der Waals surface area contributed by atoms with Crippen molar-refractivity contribution < 1.29 is 18.6 Å². The predicted octanol–water partition coefficient (Wildman–Crippen LogP) is 4.95. The number of nitrogens with zero attached hydrogens (tertiary/aromatic N) is 2. The van der Waals surface area contributed by atoms with E-state index in [4.69, 9.17) is 14.2 Å². The standard InChI is InChI=1S/C21H18FN3O3S/c1-26-18-8-16(9-19(27-2)20(18)28-3)24-11-14(10-23)21-25-17(12-29-21)13-4-6-15(22)7-5-13/h4-9,11-12,24H,1-3H3/b14-11+. The number of aromatic nitrogens is 1. The van der Waals surface area contributed by atoms with Gasteiger partial charge in [0.2, 0.25) is 5.75 Å². The zero-order valence-electron chi connectivity index (χ0n) is 16.0. The van der Waals surface area contributed by atoms with Gasteiger partial charge in [0.25, 0.3) is 0 Å². The lowest BCUT2D eigenvalue weighted by Crippen LogP contribution is -1.98. The molecule has 0 aliphatic heterocycles. The number of allylic oxidation sites excluding steroid dienone is 1. The third-order valence-electron chi connectivity index (χ3n) is 4.04. The molecular weight excluding hydrogens is 393 g/mol. The second-order valence-electron chi connectivity index (χ2n) is 5.77. The van der Waals surface area contributed by atoms with Crippen LogP contribution in [-0.2, 0) is 0 Å². The minimum Gasteiger partial charge on any atom is -0.493 e. The molecule has 0 amide bonds. The summed E-state index contributed by atoms with van der Waals surface area (Å²) in [6.07, 6.45) is 1.56. The predicted molar refractivity (Wildman–Crippen MR) is 111 cm³/mol. The summed E-state index contributed by atoms with van der Waals surface area (Å²) in [7, 11) is 4.59. The third-order valence-corrected chi connectivity index (χ3v) is 4.92. The van der Waals surface area contributed by atoms with E-state index in [1.807, 2.05) is 5.38 Å². The van der Waals surface area contributed by atoms with Gasteiger partial charge in [-0.15, -0.1) is 11.3 Å². The fraction of sp³-hybridized carbons (Fsp3) is 0.143. The first kappa shape index (κ1) is 20.2. The summed E-state index contributed by atoms with van der Waals surface area (Å²) in [5, 5.41) is 15.0. The maximum atomic E-state index is 13.1. The number of nitrogens with one attached hydrogen (secondary N) is 1. The monoisotopic (exact) mass is 411 g/mol. The van der Waals surface area contributed by atoms with Crippen molar-refractivity contribution in [2.75, 3.05) is 26.6 Å². The van der Waals surface area contributed by atoms with E-state index in [1.165, 1.54) is 44.8 Å². The minimum atomic E-state index is -0.309. The van der Waals surface area contributed by atoms with Crippen LogP contribution in [0.5, 0.6) is 17.2 Å². The van der Waals surface area contributed by atoms with Crippen LogP contribution in [-0.4, -0.2) is 26.3 Å². The zero-order chi connectivity index (χ0) is 20.8. The van der Waals surface area contributed by atoms with Crippen molar-refractivity contribution in [3.8, 4) is 34.6 Å². The third kappa shape index (κ3) is 4.47. The lowest BCUT2D eigenvalue weighted by atomic mass is 10.2. The van der Waals surface area contributed by atoms with Gasteiger partial charge in [0.1, 0.15) is 22.5 Å². The molecule has 0 atom stereocenters. The van der Waals surface area contributed by atoms with Crippen LogP contribution in [0.2, 0.25) is 0 Å². The molecule has 6 nitrogen and oxygen atoms in total. The highest BCUT2D eigenvalue weighted by atomic mass is 32.1. The van der Waals surface area contributed by atoms with Crippen LogP contribution in [0.4, 0.5) is 10.1 Å². The average Bonchev–Trinajstić information content (AvgIpc) is 3.23. The van der Waals surface area contributed by atoms with Gasteiger partial charge in [-0.3, -0.25) is 0 Å². The van der Waals surface area contributed by atoms with Crippen LogP contribution in [0, 0.1) is 17.1 Å². The van der Waals surface area contributed by atoms with Gasteiger partial charge in [-0.25, -0.2) is 9.37 Å². The molecule has 1 heterocycles. The highest BCUT2D eigenvalue weighted by molar-refractivity contribution is 7.11.